The normalized spacial score (nSPS) is 15.2. The summed E-state index contributed by atoms with van der Waals surface area (Å²) in [6.07, 6.45) is 1.37. The van der Waals surface area contributed by atoms with Gasteiger partial charge in [0.25, 0.3) is 0 Å². The lowest BCUT2D eigenvalue weighted by molar-refractivity contribution is 0.0596. The van der Waals surface area contributed by atoms with E-state index in [0.717, 1.165) is 29.6 Å². The van der Waals surface area contributed by atoms with Crippen LogP contribution >= 0.6 is 0 Å². The van der Waals surface area contributed by atoms with Crippen LogP contribution in [0.2, 0.25) is 0 Å². The Kier molecular flexibility index (Phi) is 4.60. The first-order valence-corrected chi connectivity index (χ1v) is 7.86. The van der Waals surface area contributed by atoms with E-state index in [1.807, 2.05) is 0 Å². The van der Waals surface area contributed by atoms with Crippen LogP contribution in [0, 0.1) is 5.82 Å². The van der Waals surface area contributed by atoms with Gasteiger partial charge in [0.15, 0.2) is 0 Å². The van der Waals surface area contributed by atoms with Crippen molar-refractivity contribution in [2.45, 2.75) is 23.8 Å². The van der Waals surface area contributed by atoms with Gasteiger partial charge in [-0.15, -0.1) is 0 Å². The molecular weight excluding hydrogens is 301 g/mol. The summed E-state index contributed by atoms with van der Waals surface area (Å²) in [5.74, 6) is -1.62. The molecule has 116 valence electrons. The number of benzene rings is 1. The lowest BCUT2D eigenvalue weighted by Gasteiger charge is -2.22. The molecule has 0 aliphatic heterocycles. The fraction of sp³-hybridized carbons (Fsp3) is 0.462. The zero-order chi connectivity index (χ0) is 15.6. The van der Waals surface area contributed by atoms with Crippen molar-refractivity contribution < 1.29 is 27.4 Å². The van der Waals surface area contributed by atoms with Crippen LogP contribution in [0.25, 0.3) is 0 Å². The van der Waals surface area contributed by atoms with Crippen LogP contribution in [0.4, 0.5) is 4.39 Å². The lowest BCUT2D eigenvalue weighted by atomic mass is 10.2. The van der Waals surface area contributed by atoms with E-state index in [4.69, 9.17) is 5.11 Å². The third-order valence-electron chi connectivity index (χ3n) is 3.21. The van der Waals surface area contributed by atoms with E-state index in [2.05, 4.69) is 4.74 Å². The van der Waals surface area contributed by atoms with Crippen molar-refractivity contribution in [3.63, 3.8) is 0 Å². The van der Waals surface area contributed by atoms with E-state index in [1.165, 1.54) is 0 Å². The number of carbonyl (C=O) groups excluding carboxylic acids is 1. The molecule has 1 aromatic rings. The average molecular weight is 317 g/mol. The molecule has 0 atom stereocenters. The van der Waals surface area contributed by atoms with E-state index in [0.29, 0.717) is 12.8 Å². The molecule has 0 radical (unpaired) electrons. The van der Waals surface area contributed by atoms with E-state index in [1.54, 1.807) is 0 Å². The summed E-state index contributed by atoms with van der Waals surface area (Å²) in [4.78, 5) is 11.2. The van der Waals surface area contributed by atoms with Gasteiger partial charge in [-0.25, -0.2) is 17.6 Å². The number of esters is 1. The number of hydrogen-bond acceptors (Lipinski definition) is 5. The lowest BCUT2D eigenvalue weighted by Crippen LogP contribution is -2.36. The van der Waals surface area contributed by atoms with Gasteiger partial charge in [-0.1, -0.05) is 0 Å². The number of aliphatic hydroxyl groups excluding tert-OH is 1. The Morgan fingerprint density at radius 1 is 1.48 bits per heavy atom. The fourth-order valence-electron chi connectivity index (χ4n) is 2.07. The molecule has 1 aromatic carbocycles. The highest BCUT2D eigenvalue weighted by molar-refractivity contribution is 7.89. The molecule has 0 saturated heterocycles. The van der Waals surface area contributed by atoms with Gasteiger partial charge in [0.1, 0.15) is 5.82 Å². The minimum atomic E-state index is -4.08. The summed E-state index contributed by atoms with van der Waals surface area (Å²) in [6.45, 7) is -0.442. The fourth-order valence-corrected chi connectivity index (χ4v) is 3.94. The molecular formula is C13H16FNO5S. The van der Waals surface area contributed by atoms with E-state index < -0.39 is 26.7 Å². The molecule has 8 heteroatoms. The van der Waals surface area contributed by atoms with Crippen LogP contribution in [0.15, 0.2) is 23.1 Å². The Morgan fingerprint density at radius 2 is 2.14 bits per heavy atom. The number of rotatable bonds is 6. The smallest absolute Gasteiger partial charge is 0.339 e. The Bertz CT molecular complexity index is 642. The maximum Gasteiger partial charge on any atom is 0.339 e. The van der Waals surface area contributed by atoms with Crippen LogP contribution in [-0.4, -0.2) is 50.1 Å². The molecule has 0 spiro atoms. The molecule has 0 unspecified atom stereocenters. The summed E-state index contributed by atoms with van der Waals surface area (Å²) in [5, 5.41) is 9.03. The molecule has 0 amide bonds. The zero-order valence-electron chi connectivity index (χ0n) is 11.5. The summed E-state index contributed by atoms with van der Waals surface area (Å²) < 4.78 is 44.3. The van der Waals surface area contributed by atoms with Crippen molar-refractivity contribution >= 4 is 16.0 Å². The molecule has 0 heterocycles. The van der Waals surface area contributed by atoms with Gasteiger partial charge in [0.2, 0.25) is 10.0 Å². The molecule has 1 saturated carbocycles. The highest BCUT2D eigenvalue weighted by Crippen LogP contribution is 2.33. The molecule has 2 rings (SSSR count). The van der Waals surface area contributed by atoms with Gasteiger partial charge < -0.3 is 9.84 Å². The molecule has 0 aromatic heterocycles. The van der Waals surface area contributed by atoms with E-state index >= 15 is 0 Å². The van der Waals surface area contributed by atoms with Gasteiger partial charge in [0, 0.05) is 12.6 Å². The van der Waals surface area contributed by atoms with Crippen molar-refractivity contribution in [3.8, 4) is 0 Å². The number of sulfonamides is 1. The van der Waals surface area contributed by atoms with Crippen LogP contribution in [0.5, 0.6) is 0 Å². The molecule has 1 aliphatic rings. The second kappa shape index (κ2) is 6.08. The Morgan fingerprint density at radius 3 is 2.67 bits per heavy atom. The minimum absolute atomic E-state index is 0.0931. The Balaban J connectivity index is 2.52. The van der Waals surface area contributed by atoms with Crippen LogP contribution < -0.4 is 0 Å². The van der Waals surface area contributed by atoms with Crippen LogP contribution in [-0.2, 0) is 14.8 Å². The second-order valence-electron chi connectivity index (χ2n) is 4.70. The van der Waals surface area contributed by atoms with E-state index in [-0.39, 0.29) is 24.8 Å². The van der Waals surface area contributed by atoms with Crippen molar-refractivity contribution in [1.82, 2.24) is 4.31 Å². The summed E-state index contributed by atoms with van der Waals surface area (Å²) in [7, 11) is -2.96. The van der Waals surface area contributed by atoms with Crippen molar-refractivity contribution in [2.24, 2.45) is 0 Å². The molecule has 1 N–H and O–H groups in total. The topological polar surface area (TPSA) is 83.9 Å². The van der Waals surface area contributed by atoms with Gasteiger partial charge >= 0.3 is 5.97 Å². The first kappa shape index (κ1) is 15.9. The van der Waals surface area contributed by atoms with Gasteiger partial charge in [-0.3, -0.25) is 0 Å². The highest BCUT2D eigenvalue weighted by atomic mass is 32.2. The van der Waals surface area contributed by atoms with Crippen molar-refractivity contribution in [1.29, 1.82) is 0 Å². The SMILES string of the molecule is COC(=O)c1ccc(F)cc1S(=O)(=O)N(CCO)C1CC1. The number of methoxy groups -OCH3 is 1. The highest BCUT2D eigenvalue weighted by Gasteiger charge is 2.39. The predicted octanol–water partition coefficient (Wildman–Crippen LogP) is 0.758. The standard InChI is InChI=1S/C13H16FNO5S/c1-20-13(17)11-5-2-9(14)8-12(11)21(18,19)15(6-7-16)10-3-4-10/h2,5,8,10,16H,3-4,6-7H2,1H3. The average Bonchev–Trinajstić information content (AvgIpc) is 3.28. The summed E-state index contributed by atoms with van der Waals surface area (Å²) in [6, 6.07) is 2.67. The Labute approximate surface area is 122 Å². The number of hydrogen-bond donors (Lipinski definition) is 1. The maximum absolute atomic E-state index is 13.4. The number of nitrogens with zero attached hydrogens (tertiary/aromatic N) is 1. The van der Waals surface area contributed by atoms with Gasteiger partial charge in [-0.05, 0) is 31.0 Å². The molecule has 0 bridgehead atoms. The number of halogens is 1. The minimum Gasteiger partial charge on any atom is -0.465 e. The number of aliphatic hydroxyl groups is 1. The number of carbonyl (C=O) groups is 1. The monoisotopic (exact) mass is 317 g/mol. The van der Waals surface area contributed by atoms with Crippen molar-refractivity contribution in [3.05, 3.63) is 29.6 Å². The van der Waals surface area contributed by atoms with E-state index in [9.17, 15) is 17.6 Å². The van der Waals surface area contributed by atoms with Crippen LogP contribution in [0.1, 0.15) is 23.2 Å². The molecule has 1 aliphatic carbocycles. The summed E-state index contributed by atoms with van der Waals surface area (Å²) >= 11 is 0. The molecule has 21 heavy (non-hydrogen) atoms. The predicted molar refractivity (Wildman–Crippen MR) is 71.7 cm³/mol. The third-order valence-corrected chi connectivity index (χ3v) is 5.20. The summed E-state index contributed by atoms with van der Waals surface area (Å²) in [5.41, 5.74) is -0.220. The first-order chi connectivity index (χ1) is 9.91. The number of ether oxygens (including phenoxy) is 1. The second-order valence-corrected chi connectivity index (χ2v) is 6.56. The molecule has 1 fully saturated rings. The van der Waals surface area contributed by atoms with Gasteiger partial charge in [0.05, 0.1) is 24.2 Å². The zero-order valence-corrected chi connectivity index (χ0v) is 12.3. The van der Waals surface area contributed by atoms with Gasteiger partial charge in [-0.2, -0.15) is 4.31 Å². The Hall–Kier alpha value is -1.51. The maximum atomic E-state index is 13.4. The first-order valence-electron chi connectivity index (χ1n) is 6.42. The third kappa shape index (κ3) is 3.22. The largest absolute Gasteiger partial charge is 0.465 e. The van der Waals surface area contributed by atoms with Crippen molar-refractivity contribution in [2.75, 3.05) is 20.3 Å². The van der Waals surface area contributed by atoms with Crippen LogP contribution in [0.3, 0.4) is 0 Å². The molecule has 6 nitrogen and oxygen atoms in total. The quantitative estimate of drug-likeness (QED) is 0.783.